The minimum atomic E-state index is -3.93. The van der Waals surface area contributed by atoms with Gasteiger partial charge in [-0.25, -0.2) is 17.2 Å². The maximum atomic E-state index is 14.5. The average molecular weight is 766 g/mol. The highest BCUT2D eigenvalue weighted by Gasteiger charge is 2.59. The summed E-state index contributed by atoms with van der Waals surface area (Å²) in [7, 11) is -3.93. The van der Waals surface area contributed by atoms with Crippen molar-refractivity contribution in [2.24, 2.45) is 28.6 Å². The summed E-state index contributed by atoms with van der Waals surface area (Å²) in [4.78, 5) is 14.3. The molecule has 0 unspecified atom stereocenters. The minimum absolute atomic E-state index is 0.0133. The summed E-state index contributed by atoms with van der Waals surface area (Å²) in [5.74, 6) is -1.68. The van der Waals surface area contributed by atoms with Gasteiger partial charge in [0.05, 0.1) is 11.7 Å². The van der Waals surface area contributed by atoms with Gasteiger partial charge in [0.15, 0.2) is 17.4 Å². The molecular weight excluding hydrogens is 713 g/mol. The SMILES string of the molecule is CC1=CCC[C@@]2(C)[C@@H](CC[C@@]2(O)CN(C[C@@H]2CC[C@H]3C[C@@H]2C3(C)C)S(=O)(=O)c2cccs2)c2ccc(cc2C(=O)c2ccc(F)c(F)c2)C[C@@H](O)CC1. The molecule has 4 bridgehead atoms. The summed E-state index contributed by atoms with van der Waals surface area (Å²) >= 11 is 1.19. The number of aliphatic hydroxyl groups excluding tert-OH is 1. The molecule has 6 nitrogen and oxygen atoms in total. The average Bonchev–Trinajstić information content (AvgIpc) is 3.75. The highest BCUT2D eigenvalue weighted by molar-refractivity contribution is 7.91. The van der Waals surface area contributed by atoms with Crippen molar-refractivity contribution in [1.29, 1.82) is 0 Å². The highest BCUT2D eigenvalue weighted by atomic mass is 32.2. The fraction of sp³-hybridized carbons (Fsp3) is 0.558. The second-order valence-corrected chi connectivity index (χ2v) is 20.4. The van der Waals surface area contributed by atoms with Gasteiger partial charge in [0, 0.05) is 29.6 Å². The van der Waals surface area contributed by atoms with E-state index in [0.29, 0.717) is 74.5 Å². The lowest BCUT2D eigenvalue weighted by molar-refractivity contribution is -0.114. The van der Waals surface area contributed by atoms with E-state index in [1.807, 2.05) is 19.1 Å². The van der Waals surface area contributed by atoms with Crippen molar-refractivity contribution < 1.29 is 32.2 Å². The Bertz CT molecular complexity index is 1990. The lowest BCUT2D eigenvalue weighted by Crippen LogP contribution is -2.58. The number of allylic oxidation sites excluding steroid dienone is 2. The first kappa shape index (κ1) is 38.5. The molecule has 6 aliphatic carbocycles. The van der Waals surface area contributed by atoms with Gasteiger partial charge in [-0.3, -0.25) is 4.79 Å². The van der Waals surface area contributed by atoms with Crippen molar-refractivity contribution in [2.75, 3.05) is 13.1 Å². The van der Waals surface area contributed by atoms with Crippen molar-refractivity contribution in [3.05, 3.63) is 99.4 Å². The van der Waals surface area contributed by atoms with Crippen LogP contribution in [0.1, 0.15) is 118 Å². The number of halogens is 2. The van der Waals surface area contributed by atoms with E-state index in [2.05, 4.69) is 26.8 Å². The zero-order valence-corrected chi connectivity index (χ0v) is 32.9. The van der Waals surface area contributed by atoms with Crippen LogP contribution in [0.4, 0.5) is 8.78 Å². The molecule has 4 saturated carbocycles. The maximum absolute atomic E-state index is 14.5. The molecule has 9 rings (SSSR count). The second kappa shape index (κ2) is 14.4. The fourth-order valence-electron chi connectivity index (χ4n) is 10.5. The summed E-state index contributed by atoms with van der Waals surface area (Å²) in [6.45, 7) is 8.99. The Labute approximate surface area is 317 Å². The molecule has 4 fully saturated rings. The summed E-state index contributed by atoms with van der Waals surface area (Å²) in [6, 6.07) is 12.1. The van der Waals surface area contributed by atoms with Crippen LogP contribution in [0.3, 0.4) is 0 Å². The largest absolute Gasteiger partial charge is 0.393 e. The molecule has 10 heteroatoms. The molecule has 286 valence electrons. The van der Waals surface area contributed by atoms with Gasteiger partial charge in [-0.15, -0.1) is 11.3 Å². The molecule has 3 aromatic rings. The van der Waals surface area contributed by atoms with Gasteiger partial charge in [0.1, 0.15) is 4.21 Å². The lowest BCUT2D eigenvalue weighted by Gasteiger charge is -2.60. The van der Waals surface area contributed by atoms with E-state index in [1.54, 1.807) is 27.9 Å². The van der Waals surface area contributed by atoms with Gasteiger partial charge in [0.2, 0.25) is 0 Å². The van der Waals surface area contributed by atoms with Crippen LogP contribution in [0.25, 0.3) is 0 Å². The predicted octanol–water partition coefficient (Wildman–Crippen LogP) is 9.06. The summed E-state index contributed by atoms with van der Waals surface area (Å²) in [5.41, 5.74) is 0.789. The Morgan fingerprint density at radius 2 is 1.79 bits per heavy atom. The number of hydrogen-bond donors (Lipinski definition) is 2. The highest BCUT2D eigenvalue weighted by Crippen LogP contribution is 2.62. The van der Waals surface area contributed by atoms with E-state index in [9.17, 15) is 32.2 Å². The zero-order valence-electron chi connectivity index (χ0n) is 31.3. The molecule has 0 spiro atoms. The topological polar surface area (TPSA) is 94.9 Å². The van der Waals surface area contributed by atoms with Crippen molar-refractivity contribution in [1.82, 2.24) is 4.31 Å². The van der Waals surface area contributed by atoms with Gasteiger partial charge >= 0.3 is 0 Å². The number of thiophene rings is 1. The molecule has 1 aromatic heterocycles. The molecule has 7 atom stereocenters. The summed E-state index contributed by atoms with van der Waals surface area (Å²) < 4.78 is 59.3. The zero-order chi connectivity index (χ0) is 37.9. The van der Waals surface area contributed by atoms with Gasteiger partial charge in [-0.2, -0.15) is 4.31 Å². The molecule has 2 aromatic carbocycles. The van der Waals surface area contributed by atoms with Crippen LogP contribution in [-0.4, -0.2) is 53.5 Å². The van der Waals surface area contributed by atoms with Crippen LogP contribution in [-0.2, 0) is 16.4 Å². The molecular formula is C43H53F2NO5S2. The Kier molecular flexibility index (Phi) is 10.5. The lowest BCUT2D eigenvalue weighted by atomic mass is 9.45. The molecule has 53 heavy (non-hydrogen) atoms. The molecule has 1 heterocycles. The number of nitrogens with zero attached hydrogens (tertiary/aromatic N) is 1. The number of sulfonamides is 1. The number of rotatable bonds is 8. The third-order valence-electron chi connectivity index (χ3n) is 14.1. The fourth-order valence-corrected chi connectivity index (χ4v) is 13.2. The molecule has 0 radical (unpaired) electrons. The number of benzene rings is 2. The summed E-state index contributed by atoms with van der Waals surface area (Å²) in [5, 5.41) is 25.8. The minimum Gasteiger partial charge on any atom is -0.393 e. The van der Waals surface area contributed by atoms with Crippen LogP contribution in [0.5, 0.6) is 0 Å². The van der Waals surface area contributed by atoms with E-state index >= 15 is 0 Å². The Morgan fingerprint density at radius 1 is 1.00 bits per heavy atom. The Hall–Kier alpha value is -2.76. The monoisotopic (exact) mass is 765 g/mol. The van der Waals surface area contributed by atoms with Gasteiger partial charge < -0.3 is 10.2 Å². The van der Waals surface area contributed by atoms with Crippen molar-refractivity contribution in [3.63, 3.8) is 0 Å². The third kappa shape index (κ3) is 7.01. The van der Waals surface area contributed by atoms with E-state index < -0.39 is 44.6 Å². The first-order valence-corrected chi connectivity index (χ1v) is 21.6. The number of aliphatic hydroxyl groups is 2. The van der Waals surface area contributed by atoms with Gasteiger partial charge in [-0.05, 0) is 147 Å². The van der Waals surface area contributed by atoms with Crippen molar-refractivity contribution >= 4 is 27.1 Å². The van der Waals surface area contributed by atoms with Crippen LogP contribution < -0.4 is 0 Å². The number of ketones is 1. The molecule has 0 aliphatic heterocycles. The van der Waals surface area contributed by atoms with E-state index in [1.165, 1.54) is 17.4 Å². The standard InChI is InChI=1S/C43H53F2NO5S2/c1-27-7-5-18-42(4)35(33-15-10-28(21-32(47)14-9-27)22-34(33)40(48)29-12-16-37(44)38(45)23-29)17-19-43(42,49)26-46(53(50,51)39-8-6-20-52-39)25-30-11-13-31-24-36(30)41(31,2)3/h6-8,10,12,15-16,20,22-23,30-32,35-36,47,49H,5,9,11,13-14,17-19,21,24-26H2,1-4H3/t30-,31-,32-,35-,36-,42-,43+/m0/s1. The predicted molar refractivity (Wildman–Crippen MR) is 204 cm³/mol. The molecule has 2 N–H and O–H groups in total. The molecule has 0 saturated heterocycles. The van der Waals surface area contributed by atoms with Crippen LogP contribution in [0.2, 0.25) is 0 Å². The Morgan fingerprint density at radius 3 is 2.49 bits per heavy atom. The molecule has 6 aliphatic rings. The Balaban J connectivity index is 1.31. The number of hydrogen-bond acceptors (Lipinski definition) is 6. The third-order valence-corrected chi connectivity index (χ3v) is 17.2. The summed E-state index contributed by atoms with van der Waals surface area (Å²) in [6.07, 6.45) is 8.23. The first-order chi connectivity index (χ1) is 25.0. The quantitative estimate of drug-likeness (QED) is 0.176. The van der Waals surface area contributed by atoms with E-state index in [0.717, 1.165) is 42.5 Å². The van der Waals surface area contributed by atoms with Crippen LogP contribution >= 0.6 is 11.3 Å². The van der Waals surface area contributed by atoms with Crippen molar-refractivity contribution in [3.8, 4) is 0 Å². The first-order valence-electron chi connectivity index (χ1n) is 19.3. The van der Waals surface area contributed by atoms with E-state index in [-0.39, 0.29) is 33.6 Å². The van der Waals surface area contributed by atoms with E-state index in [4.69, 9.17) is 0 Å². The second-order valence-electron chi connectivity index (χ2n) is 17.3. The normalized spacial score (nSPS) is 31.4. The smallest absolute Gasteiger partial charge is 0.252 e. The van der Waals surface area contributed by atoms with Crippen LogP contribution in [0.15, 0.2) is 69.8 Å². The van der Waals surface area contributed by atoms with Crippen molar-refractivity contribution in [2.45, 2.75) is 114 Å². The van der Waals surface area contributed by atoms with Gasteiger partial charge in [-0.1, -0.05) is 50.6 Å². The van der Waals surface area contributed by atoms with Crippen LogP contribution in [0, 0.1) is 40.2 Å². The van der Waals surface area contributed by atoms with Gasteiger partial charge in [0.25, 0.3) is 10.0 Å². The number of carbonyl (C=O) groups is 1. The number of fused-ring (bicyclic) bond motifs is 10. The molecule has 0 amide bonds. The maximum Gasteiger partial charge on any atom is 0.252 e. The number of carbonyl (C=O) groups excluding carboxylic acids is 1.